The summed E-state index contributed by atoms with van der Waals surface area (Å²) in [6.07, 6.45) is 1.53. The van der Waals surface area contributed by atoms with Crippen molar-refractivity contribution in [3.63, 3.8) is 0 Å². The van der Waals surface area contributed by atoms with E-state index in [1.807, 2.05) is 0 Å². The van der Waals surface area contributed by atoms with Crippen molar-refractivity contribution >= 4 is 11.9 Å². The summed E-state index contributed by atoms with van der Waals surface area (Å²) in [6, 6.07) is 10.3. The summed E-state index contributed by atoms with van der Waals surface area (Å²) < 4.78 is 44.3. The van der Waals surface area contributed by atoms with Gasteiger partial charge in [-0.2, -0.15) is 0 Å². The Morgan fingerprint density at radius 2 is 1.79 bits per heavy atom. The highest BCUT2D eigenvalue weighted by Gasteiger charge is 2.30. The first-order valence-electron chi connectivity index (χ1n) is 8.64. The molecule has 28 heavy (non-hydrogen) atoms. The van der Waals surface area contributed by atoms with Crippen molar-refractivity contribution in [1.29, 1.82) is 0 Å². The highest BCUT2D eigenvalue weighted by atomic mass is 19.1. The van der Waals surface area contributed by atoms with E-state index in [2.05, 4.69) is 0 Å². The van der Waals surface area contributed by atoms with Crippen LogP contribution in [0.1, 0.15) is 33.0 Å². The van der Waals surface area contributed by atoms with E-state index in [0.717, 1.165) is 5.76 Å². The maximum atomic E-state index is 13.8. The summed E-state index contributed by atoms with van der Waals surface area (Å²) in [5, 5.41) is 0. The molecule has 1 aliphatic rings. The van der Waals surface area contributed by atoms with Crippen molar-refractivity contribution in [3.05, 3.63) is 88.1 Å². The molecule has 1 aliphatic heterocycles. The highest BCUT2D eigenvalue weighted by molar-refractivity contribution is 6.14. The number of furan rings is 1. The van der Waals surface area contributed by atoms with Gasteiger partial charge in [0.15, 0.2) is 5.76 Å². The van der Waals surface area contributed by atoms with Crippen LogP contribution in [0, 0.1) is 25.5 Å². The van der Waals surface area contributed by atoms with Crippen LogP contribution in [0.15, 0.2) is 52.6 Å². The molecule has 0 spiro atoms. The molecule has 142 valence electrons. The predicted molar refractivity (Wildman–Crippen MR) is 98.2 cm³/mol. The standard InChI is InChI=1S/C22H16F2O4/c1-12-6-7-14(27-12)10-20-21(25)15-8-9-19(13(2)22(15)28-20)26-11-16-17(23)4-3-5-18(16)24/h3-10H,11H2,1-2H3/b20-10-. The van der Waals surface area contributed by atoms with E-state index in [4.69, 9.17) is 13.9 Å². The van der Waals surface area contributed by atoms with Gasteiger partial charge >= 0.3 is 0 Å². The van der Waals surface area contributed by atoms with Crippen molar-refractivity contribution in [2.24, 2.45) is 0 Å². The van der Waals surface area contributed by atoms with Gasteiger partial charge in [0.25, 0.3) is 0 Å². The third-order valence-electron chi connectivity index (χ3n) is 4.50. The van der Waals surface area contributed by atoms with Gasteiger partial charge in [-0.15, -0.1) is 0 Å². The number of fused-ring (bicyclic) bond motifs is 1. The van der Waals surface area contributed by atoms with Gasteiger partial charge in [-0.25, -0.2) is 8.78 Å². The minimum absolute atomic E-state index is 0.143. The van der Waals surface area contributed by atoms with Gasteiger partial charge in [0, 0.05) is 11.6 Å². The second-order valence-electron chi connectivity index (χ2n) is 6.44. The fraction of sp³-hybridized carbons (Fsp3) is 0.136. The molecule has 1 aromatic heterocycles. The Hall–Kier alpha value is -3.41. The van der Waals surface area contributed by atoms with Gasteiger partial charge in [0.2, 0.25) is 5.78 Å². The number of allylic oxidation sites excluding steroid dienone is 1. The van der Waals surface area contributed by atoms with Crippen LogP contribution in [0.5, 0.6) is 11.5 Å². The second-order valence-corrected chi connectivity index (χ2v) is 6.44. The average Bonchev–Trinajstić information content (AvgIpc) is 3.21. The second kappa shape index (κ2) is 6.96. The van der Waals surface area contributed by atoms with E-state index in [1.165, 1.54) is 24.3 Å². The molecule has 0 saturated heterocycles. The Bertz CT molecular complexity index is 1090. The zero-order valence-corrected chi connectivity index (χ0v) is 15.2. The molecule has 0 radical (unpaired) electrons. The summed E-state index contributed by atoms with van der Waals surface area (Å²) in [4.78, 5) is 12.6. The summed E-state index contributed by atoms with van der Waals surface area (Å²) in [5.74, 6) is 0.507. The number of Topliss-reactive ketones (excluding diaryl/α,β-unsaturated/α-hetero) is 1. The Morgan fingerprint density at radius 3 is 2.46 bits per heavy atom. The quantitative estimate of drug-likeness (QED) is 0.569. The molecule has 0 unspecified atom stereocenters. The first-order chi connectivity index (χ1) is 13.4. The van der Waals surface area contributed by atoms with E-state index < -0.39 is 11.6 Å². The summed E-state index contributed by atoms with van der Waals surface area (Å²) in [6.45, 7) is 3.25. The number of aryl methyl sites for hydroxylation is 1. The van der Waals surface area contributed by atoms with E-state index in [0.29, 0.717) is 28.4 Å². The molecule has 4 nitrogen and oxygen atoms in total. The lowest BCUT2D eigenvalue weighted by Crippen LogP contribution is -2.03. The highest BCUT2D eigenvalue weighted by Crippen LogP contribution is 2.39. The first kappa shape index (κ1) is 18.0. The zero-order valence-electron chi connectivity index (χ0n) is 15.2. The van der Waals surface area contributed by atoms with Crippen LogP contribution in [-0.2, 0) is 6.61 Å². The van der Waals surface area contributed by atoms with Crippen molar-refractivity contribution in [2.45, 2.75) is 20.5 Å². The van der Waals surface area contributed by atoms with Crippen LogP contribution in [0.2, 0.25) is 0 Å². The van der Waals surface area contributed by atoms with Crippen molar-refractivity contribution in [3.8, 4) is 11.5 Å². The van der Waals surface area contributed by atoms with Crippen molar-refractivity contribution < 1.29 is 27.5 Å². The lowest BCUT2D eigenvalue weighted by Gasteiger charge is -2.12. The van der Waals surface area contributed by atoms with Gasteiger partial charge in [-0.3, -0.25) is 4.79 Å². The minimum atomic E-state index is -0.677. The van der Waals surface area contributed by atoms with Crippen LogP contribution < -0.4 is 9.47 Å². The zero-order chi connectivity index (χ0) is 19.8. The molecule has 0 aliphatic carbocycles. The molecule has 0 atom stereocenters. The third-order valence-corrected chi connectivity index (χ3v) is 4.50. The smallest absolute Gasteiger partial charge is 0.232 e. The van der Waals surface area contributed by atoms with Gasteiger partial charge in [0.05, 0.1) is 11.1 Å². The Balaban J connectivity index is 1.59. The number of hydrogen-bond donors (Lipinski definition) is 0. The topological polar surface area (TPSA) is 48.7 Å². The summed E-state index contributed by atoms with van der Waals surface area (Å²) in [5.41, 5.74) is 0.811. The number of ketones is 1. The lowest BCUT2D eigenvalue weighted by atomic mass is 10.1. The molecule has 0 amide bonds. The summed E-state index contributed by atoms with van der Waals surface area (Å²) in [7, 11) is 0. The van der Waals surface area contributed by atoms with Crippen LogP contribution in [0.3, 0.4) is 0 Å². The normalized spacial score (nSPS) is 14.3. The molecule has 0 fully saturated rings. The maximum absolute atomic E-state index is 13.8. The number of hydrogen-bond acceptors (Lipinski definition) is 4. The van der Waals surface area contributed by atoms with Crippen molar-refractivity contribution in [2.75, 3.05) is 0 Å². The van der Waals surface area contributed by atoms with Gasteiger partial charge < -0.3 is 13.9 Å². The van der Waals surface area contributed by atoms with Crippen LogP contribution in [-0.4, -0.2) is 5.78 Å². The molecule has 0 saturated carbocycles. The van der Waals surface area contributed by atoms with Gasteiger partial charge in [-0.05, 0) is 50.2 Å². The SMILES string of the molecule is Cc1ccc(/C=C2\Oc3c(ccc(OCc4c(F)cccc4F)c3C)C2=O)o1. The molecule has 0 bridgehead atoms. The minimum Gasteiger partial charge on any atom is -0.488 e. The molecule has 4 rings (SSSR count). The molecule has 3 aromatic rings. The Kier molecular flexibility index (Phi) is 4.47. The third kappa shape index (κ3) is 3.17. The molecule has 0 N–H and O–H groups in total. The Labute approximate surface area is 160 Å². The molecule has 2 aromatic carbocycles. The van der Waals surface area contributed by atoms with E-state index in [-0.39, 0.29) is 23.7 Å². The number of halogens is 2. The van der Waals surface area contributed by atoms with Crippen LogP contribution in [0.4, 0.5) is 8.78 Å². The van der Waals surface area contributed by atoms with E-state index in [9.17, 15) is 13.6 Å². The van der Waals surface area contributed by atoms with E-state index in [1.54, 1.807) is 38.1 Å². The molecule has 2 heterocycles. The number of ether oxygens (including phenoxy) is 2. The first-order valence-corrected chi connectivity index (χ1v) is 8.64. The van der Waals surface area contributed by atoms with E-state index >= 15 is 0 Å². The number of carbonyl (C=O) groups excluding carboxylic acids is 1. The molecule has 6 heteroatoms. The van der Waals surface area contributed by atoms with Gasteiger partial charge in [-0.1, -0.05) is 6.07 Å². The predicted octanol–water partition coefficient (Wildman–Crippen LogP) is 5.37. The molecular formula is C22H16F2O4. The maximum Gasteiger partial charge on any atom is 0.232 e. The number of carbonyl (C=O) groups is 1. The summed E-state index contributed by atoms with van der Waals surface area (Å²) >= 11 is 0. The monoisotopic (exact) mass is 382 g/mol. The van der Waals surface area contributed by atoms with Crippen molar-refractivity contribution in [1.82, 2.24) is 0 Å². The number of benzene rings is 2. The lowest BCUT2D eigenvalue weighted by molar-refractivity contribution is 0.101. The largest absolute Gasteiger partial charge is 0.488 e. The number of rotatable bonds is 4. The van der Waals surface area contributed by atoms with Gasteiger partial charge in [0.1, 0.15) is 41.3 Å². The fourth-order valence-corrected chi connectivity index (χ4v) is 3.00. The fourth-order valence-electron chi connectivity index (χ4n) is 3.00. The Morgan fingerprint density at radius 1 is 1.04 bits per heavy atom. The van der Waals surface area contributed by atoms with Crippen LogP contribution in [0.25, 0.3) is 6.08 Å². The molecular weight excluding hydrogens is 366 g/mol. The van der Waals surface area contributed by atoms with Crippen LogP contribution >= 0.6 is 0 Å². The average molecular weight is 382 g/mol.